The van der Waals surface area contributed by atoms with E-state index in [2.05, 4.69) is 15.9 Å². The zero-order valence-electron chi connectivity index (χ0n) is 11.7. The van der Waals surface area contributed by atoms with Gasteiger partial charge in [0.25, 0.3) is 10.0 Å². The maximum atomic E-state index is 12.8. The van der Waals surface area contributed by atoms with Gasteiger partial charge in [0.2, 0.25) is 5.24 Å². The number of carbonyl (C=O) groups is 1. The van der Waals surface area contributed by atoms with Crippen molar-refractivity contribution in [3.63, 3.8) is 0 Å². The average molecular weight is 403 g/mol. The standard InChI is InChI=1S/C15H13BrClNO3S/c1-11-2-6-13(7-3-11)18(10-15(17)19)22(20,21)14-8-4-12(16)5-9-14/h2-9H,10H2,1H3. The molecule has 2 aromatic carbocycles. The molecule has 0 fully saturated rings. The zero-order valence-corrected chi connectivity index (χ0v) is 14.8. The van der Waals surface area contributed by atoms with Crippen LogP contribution in [0, 0.1) is 6.92 Å². The summed E-state index contributed by atoms with van der Waals surface area (Å²) in [5.41, 5.74) is 1.38. The fourth-order valence-electron chi connectivity index (χ4n) is 1.87. The van der Waals surface area contributed by atoms with Crippen LogP contribution in [0.25, 0.3) is 0 Å². The van der Waals surface area contributed by atoms with Crippen molar-refractivity contribution in [3.8, 4) is 0 Å². The molecule has 0 atom stereocenters. The molecule has 0 aliphatic rings. The highest BCUT2D eigenvalue weighted by Gasteiger charge is 2.26. The van der Waals surface area contributed by atoms with Crippen molar-refractivity contribution in [2.75, 3.05) is 10.8 Å². The maximum Gasteiger partial charge on any atom is 0.264 e. The largest absolute Gasteiger partial charge is 0.279 e. The van der Waals surface area contributed by atoms with Crippen molar-refractivity contribution < 1.29 is 13.2 Å². The summed E-state index contributed by atoms with van der Waals surface area (Å²) in [6.07, 6.45) is 0. The summed E-state index contributed by atoms with van der Waals surface area (Å²) in [4.78, 5) is 11.4. The van der Waals surface area contributed by atoms with Crippen molar-refractivity contribution in [2.45, 2.75) is 11.8 Å². The van der Waals surface area contributed by atoms with Gasteiger partial charge in [-0.2, -0.15) is 0 Å². The van der Waals surface area contributed by atoms with E-state index in [1.54, 1.807) is 36.4 Å². The van der Waals surface area contributed by atoms with E-state index >= 15 is 0 Å². The predicted octanol–water partition coefficient (Wildman–Crippen LogP) is 3.72. The summed E-state index contributed by atoms with van der Waals surface area (Å²) in [6, 6.07) is 13.0. The summed E-state index contributed by atoms with van der Waals surface area (Å²) in [6.45, 7) is 1.47. The number of benzene rings is 2. The summed E-state index contributed by atoms with van der Waals surface area (Å²) in [7, 11) is -3.87. The molecule has 0 saturated carbocycles. The van der Waals surface area contributed by atoms with Gasteiger partial charge in [0.15, 0.2) is 0 Å². The van der Waals surface area contributed by atoms with E-state index in [9.17, 15) is 13.2 Å². The first-order valence-corrected chi connectivity index (χ1v) is 8.95. The van der Waals surface area contributed by atoms with Crippen LogP contribution in [-0.2, 0) is 14.8 Å². The molecule has 7 heteroatoms. The predicted molar refractivity (Wildman–Crippen MR) is 90.7 cm³/mol. The van der Waals surface area contributed by atoms with Gasteiger partial charge in [-0.25, -0.2) is 8.42 Å². The van der Waals surface area contributed by atoms with Crippen LogP contribution in [0.15, 0.2) is 57.9 Å². The number of nitrogens with zero attached hydrogens (tertiary/aromatic N) is 1. The fraction of sp³-hybridized carbons (Fsp3) is 0.133. The molecule has 116 valence electrons. The molecule has 0 spiro atoms. The minimum absolute atomic E-state index is 0.0918. The highest BCUT2D eigenvalue weighted by molar-refractivity contribution is 9.10. The molecule has 0 aliphatic carbocycles. The summed E-state index contributed by atoms with van der Waals surface area (Å²) in [5.74, 6) is 0. The molecule has 0 amide bonds. The van der Waals surface area contributed by atoms with Gasteiger partial charge in [-0.1, -0.05) is 33.6 Å². The molecule has 4 nitrogen and oxygen atoms in total. The fourth-order valence-corrected chi connectivity index (χ4v) is 3.75. The Morgan fingerprint density at radius 2 is 1.64 bits per heavy atom. The molecule has 0 unspecified atom stereocenters. The Morgan fingerprint density at radius 1 is 1.09 bits per heavy atom. The van der Waals surface area contributed by atoms with E-state index in [-0.39, 0.29) is 4.90 Å². The van der Waals surface area contributed by atoms with Crippen LogP contribution in [-0.4, -0.2) is 20.2 Å². The molecule has 0 saturated heterocycles. The second-order valence-corrected chi connectivity index (χ2v) is 7.86. The molecule has 2 rings (SSSR count). The van der Waals surface area contributed by atoms with Crippen molar-refractivity contribution in [1.82, 2.24) is 0 Å². The number of halogens is 2. The van der Waals surface area contributed by atoms with Crippen molar-refractivity contribution in [3.05, 3.63) is 58.6 Å². The van der Waals surface area contributed by atoms with E-state index in [0.29, 0.717) is 5.69 Å². The Morgan fingerprint density at radius 3 is 2.14 bits per heavy atom. The molecule has 0 aliphatic heterocycles. The number of carbonyl (C=O) groups excluding carboxylic acids is 1. The van der Waals surface area contributed by atoms with Gasteiger partial charge in [-0.3, -0.25) is 9.10 Å². The first-order chi connectivity index (χ1) is 10.3. The van der Waals surface area contributed by atoms with Crippen LogP contribution in [0.2, 0.25) is 0 Å². The van der Waals surface area contributed by atoms with Gasteiger partial charge in [0.1, 0.15) is 6.54 Å². The van der Waals surface area contributed by atoms with Gasteiger partial charge in [0.05, 0.1) is 10.6 Å². The molecule has 0 aromatic heterocycles. The number of anilines is 1. The van der Waals surface area contributed by atoms with Crippen molar-refractivity contribution in [2.24, 2.45) is 0 Å². The number of aryl methyl sites for hydroxylation is 1. The lowest BCUT2D eigenvalue weighted by Crippen LogP contribution is -2.34. The number of rotatable bonds is 5. The van der Waals surface area contributed by atoms with E-state index in [0.717, 1.165) is 14.3 Å². The van der Waals surface area contributed by atoms with E-state index in [1.165, 1.54) is 12.1 Å². The van der Waals surface area contributed by atoms with Crippen LogP contribution in [0.4, 0.5) is 5.69 Å². The van der Waals surface area contributed by atoms with Crippen LogP contribution >= 0.6 is 27.5 Å². The third-order valence-corrected chi connectivity index (χ3v) is 5.43. The van der Waals surface area contributed by atoms with Crippen molar-refractivity contribution >= 4 is 48.5 Å². The quantitative estimate of drug-likeness (QED) is 0.716. The van der Waals surface area contributed by atoms with Crippen LogP contribution in [0.1, 0.15) is 5.56 Å². The van der Waals surface area contributed by atoms with Crippen LogP contribution < -0.4 is 4.31 Å². The molecular formula is C15H13BrClNO3S. The third-order valence-electron chi connectivity index (χ3n) is 2.99. The minimum Gasteiger partial charge on any atom is -0.279 e. The van der Waals surface area contributed by atoms with Gasteiger partial charge < -0.3 is 0 Å². The monoisotopic (exact) mass is 401 g/mol. The highest BCUT2D eigenvalue weighted by Crippen LogP contribution is 2.25. The summed E-state index contributed by atoms with van der Waals surface area (Å²) < 4.78 is 27.3. The minimum atomic E-state index is -3.87. The molecule has 2 aromatic rings. The first-order valence-electron chi connectivity index (χ1n) is 6.34. The second kappa shape index (κ2) is 6.81. The highest BCUT2D eigenvalue weighted by atomic mass is 79.9. The van der Waals surface area contributed by atoms with Gasteiger partial charge in [-0.15, -0.1) is 0 Å². The van der Waals surface area contributed by atoms with Gasteiger partial charge in [-0.05, 0) is 54.9 Å². The smallest absolute Gasteiger partial charge is 0.264 e. The van der Waals surface area contributed by atoms with Crippen LogP contribution in [0.5, 0.6) is 0 Å². The lowest BCUT2D eigenvalue weighted by molar-refractivity contribution is -0.110. The Balaban J connectivity index is 2.50. The van der Waals surface area contributed by atoms with Gasteiger partial charge in [0, 0.05) is 4.47 Å². The van der Waals surface area contributed by atoms with E-state index in [4.69, 9.17) is 11.6 Å². The molecule has 0 radical (unpaired) electrons. The Kier molecular flexibility index (Phi) is 5.26. The van der Waals surface area contributed by atoms with Crippen molar-refractivity contribution in [1.29, 1.82) is 0 Å². The zero-order chi connectivity index (χ0) is 16.3. The normalized spacial score (nSPS) is 11.2. The Labute approximate surface area is 142 Å². The maximum absolute atomic E-state index is 12.8. The lowest BCUT2D eigenvalue weighted by Gasteiger charge is -2.23. The molecule has 22 heavy (non-hydrogen) atoms. The SMILES string of the molecule is Cc1ccc(N(CC(=O)Cl)S(=O)(=O)c2ccc(Br)cc2)cc1. The Hall–Kier alpha value is -1.37. The topological polar surface area (TPSA) is 54.5 Å². The first kappa shape index (κ1) is 17.0. The molecular weight excluding hydrogens is 390 g/mol. The number of hydrogen-bond donors (Lipinski definition) is 0. The number of sulfonamides is 1. The second-order valence-electron chi connectivity index (χ2n) is 4.66. The van der Waals surface area contributed by atoms with E-state index in [1.807, 2.05) is 6.92 Å². The third kappa shape index (κ3) is 3.88. The number of hydrogen-bond acceptors (Lipinski definition) is 3. The lowest BCUT2D eigenvalue weighted by atomic mass is 10.2. The van der Waals surface area contributed by atoms with Crippen LogP contribution in [0.3, 0.4) is 0 Å². The Bertz CT molecular complexity index is 773. The van der Waals surface area contributed by atoms with Gasteiger partial charge >= 0.3 is 0 Å². The molecule has 0 heterocycles. The molecule has 0 N–H and O–H groups in total. The summed E-state index contributed by atoms with van der Waals surface area (Å²) >= 11 is 8.68. The summed E-state index contributed by atoms with van der Waals surface area (Å²) in [5, 5.41) is -0.749. The average Bonchev–Trinajstić information content (AvgIpc) is 2.46. The molecule has 0 bridgehead atoms. The van der Waals surface area contributed by atoms with E-state index < -0.39 is 21.8 Å².